The summed E-state index contributed by atoms with van der Waals surface area (Å²) in [5.74, 6) is 2.19. The number of carbonyl (C=O) groups is 1. The molecule has 1 atom stereocenters. The van der Waals surface area contributed by atoms with E-state index in [1.807, 2.05) is 31.2 Å². The molecule has 1 unspecified atom stereocenters. The van der Waals surface area contributed by atoms with Crippen molar-refractivity contribution in [2.45, 2.75) is 25.9 Å². The first-order valence-corrected chi connectivity index (χ1v) is 12.1. The van der Waals surface area contributed by atoms with Gasteiger partial charge in [-0.1, -0.05) is 18.2 Å². The molecule has 1 aromatic heterocycles. The molecule has 0 bridgehead atoms. The van der Waals surface area contributed by atoms with E-state index in [1.165, 1.54) is 11.3 Å². The van der Waals surface area contributed by atoms with Gasteiger partial charge < -0.3 is 24.2 Å². The van der Waals surface area contributed by atoms with Crippen LogP contribution in [0.3, 0.4) is 0 Å². The van der Waals surface area contributed by atoms with E-state index in [1.54, 1.807) is 44.4 Å². The largest absolute Gasteiger partial charge is 0.497 e. The molecule has 180 valence electrons. The van der Waals surface area contributed by atoms with E-state index in [9.17, 15) is 9.90 Å². The quantitative estimate of drug-likeness (QED) is 0.450. The van der Waals surface area contributed by atoms with Crippen molar-refractivity contribution in [3.63, 3.8) is 0 Å². The lowest BCUT2D eigenvalue weighted by atomic mass is 10.1. The highest BCUT2D eigenvalue weighted by Crippen LogP contribution is 2.35. The average Bonchev–Trinajstić information content (AvgIpc) is 3.60. The van der Waals surface area contributed by atoms with E-state index < -0.39 is 6.10 Å². The molecule has 7 nitrogen and oxygen atoms in total. The Hall–Kier alpha value is -3.10. The number of aryl methyl sites for hydroxylation is 1. The van der Waals surface area contributed by atoms with Gasteiger partial charge in [0.25, 0.3) is 5.91 Å². The maximum absolute atomic E-state index is 13.8. The first-order chi connectivity index (χ1) is 16.4. The highest BCUT2D eigenvalue weighted by atomic mass is 32.1. The molecule has 1 aliphatic carbocycles. The summed E-state index contributed by atoms with van der Waals surface area (Å²) in [6, 6.07) is 12.9. The Labute approximate surface area is 203 Å². The van der Waals surface area contributed by atoms with Crippen LogP contribution in [0.4, 0.5) is 0 Å². The van der Waals surface area contributed by atoms with Gasteiger partial charge in [-0.2, -0.15) is 0 Å². The molecular weight excluding hydrogens is 452 g/mol. The fourth-order valence-electron chi connectivity index (χ4n) is 3.91. The van der Waals surface area contributed by atoms with Gasteiger partial charge in [-0.25, -0.2) is 4.98 Å². The summed E-state index contributed by atoms with van der Waals surface area (Å²) in [6.07, 6.45) is 1.33. The summed E-state index contributed by atoms with van der Waals surface area (Å²) in [6.45, 7) is 2.69. The summed E-state index contributed by atoms with van der Waals surface area (Å²) >= 11 is 1.38. The molecule has 1 fully saturated rings. The van der Waals surface area contributed by atoms with Crippen LogP contribution in [-0.2, 0) is 0 Å². The predicted molar refractivity (Wildman–Crippen MR) is 132 cm³/mol. The molecule has 8 heteroatoms. The van der Waals surface area contributed by atoms with Crippen LogP contribution in [0.2, 0.25) is 0 Å². The molecule has 1 N–H and O–H groups in total. The van der Waals surface area contributed by atoms with Crippen molar-refractivity contribution in [2.24, 2.45) is 5.92 Å². The lowest BCUT2D eigenvalue weighted by molar-refractivity contribution is 0.0615. The minimum atomic E-state index is -0.864. The number of rotatable bonds is 10. The topological polar surface area (TPSA) is 81.1 Å². The van der Waals surface area contributed by atoms with Gasteiger partial charge >= 0.3 is 0 Å². The number of ether oxygens (including phenoxy) is 3. The third-order valence-corrected chi connectivity index (χ3v) is 6.88. The number of hydrogen-bond donors (Lipinski definition) is 1. The fraction of sp³-hybridized carbons (Fsp3) is 0.385. The molecular formula is C26H30N2O5S. The van der Waals surface area contributed by atoms with Crippen LogP contribution in [0.25, 0.3) is 11.3 Å². The Morgan fingerprint density at radius 1 is 1.12 bits per heavy atom. The SMILES string of the molecule is COc1cccc(-c2nc(C)sc2C(=O)N(CC2CC2)CC(O)c2ccc(OC)c(OC)c2)c1. The van der Waals surface area contributed by atoms with Crippen molar-refractivity contribution in [1.82, 2.24) is 9.88 Å². The van der Waals surface area contributed by atoms with Crippen LogP contribution in [0.5, 0.6) is 17.2 Å². The highest BCUT2D eigenvalue weighted by molar-refractivity contribution is 7.14. The fourth-order valence-corrected chi connectivity index (χ4v) is 4.82. The molecule has 0 spiro atoms. The number of amides is 1. The number of carbonyl (C=O) groups excluding carboxylic acids is 1. The Balaban J connectivity index is 1.62. The molecule has 1 amide bonds. The van der Waals surface area contributed by atoms with Crippen LogP contribution < -0.4 is 14.2 Å². The van der Waals surface area contributed by atoms with E-state index in [2.05, 4.69) is 4.98 Å². The molecule has 0 radical (unpaired) electrons. The van der Waals surface area contributed by atoms with E-state index in [-0.39, 0.29) is 12.5 Å². The summed E-state index contributed by atoms with van der Waals surface area (Å²) in [4.78, 5) is 20.8. The van der Waals surface area contributed by atoms with Crippen molar-refractivity contribution in [3.8, 4) is 28.5 Å². The van der Waals surface area contributed by atoms with Gasteiger partial charge in [-0.15, -0.1) is 11.3 Å². The highest BCUT2D eigenvalue weighted by Gasteiger charge is 2.31. The zero-order chi connectivity index (χ0) is 24.2. The molecule has 0 aliphatic heterocycles. The van der Waals surface area contributed by atoms with Gasteiger partial charge in [-0.05, 0) is 55.5 Å². The Morgan fingerprint density at radius 2 is 1.88 bits per heavy atom. The lowest BCUT2D eigenvalue weighted by Crippen LogP contribution is -2.36. The molecule has 3 aromatic rings. The van der Waals surface area contributed by atoms with Gasteiger partial charge in [0.15, 0.2) is 11.5 Å². The number of methoxy groups -OCH3 is 3. The first-order valence-electron chi connectivity index (χ1n) is 11.2. The van der Waals surface area contributed by atoms with E-state index in [0.29, 0.717) is 45.8 Å². The number of aliphatic hydroxyl groups is 1. The number of aliphatic hydroxyl groups excluding tert-OH is 1. The number of aromatic nitrogens is 1. The van der Waals surface area contributed by atoms with Gasteiger partial charge in [-0.3, -0.25) is 4.79 Å². The second-order valence-electron chi connectivity index (χ2n) is 8.43. The number of nitrogens with zero attached hydrogens (tertiary/aromatic N) is 2. The van der Waals surface area contributed by atoms with Crippen molar-refractivity contribution in [2.75, 3.05) is 34.4 Å². The van der Waals surface area contributed by atoms with Crippen LogP contribution in [0, 0.1) is 12.8 Å². The molecule has 34 heavy (non-hydrogen) atoms. The van der Waals surface area contributed by atoms with Crippen LogP contribution >= 0.6 is 11.3 Å². The van der Waals surface area contributed by atoms with Gasteiger partial charge in [0, 0.05) is 12.1 Å². The second-order valence-corrected chi connectivity index (χ2v) is 9.63. The summed E-state index contributed by atoms with van der Waals surface area (Å²) in [5, 5.41) is 11.9. The molecule has 1 heterocycles. The molecule has 1 aliphatic rings. The van der Waals surface area contributed by atoms with Gasteiger partial charge in [0.2, 0.25) is 0 Å². The third-order valence-electron chi connectivity index (χ3n) is 5.92. The molecule has 0 saturated heterocycles. The maximum atomic E-state index is 13.8. The van der Waals surface area contributed by atoms with E-state index in [4.69, 9.17) is 14.2 Å². The number of hydrogen-bond acceptors (Lipinski definition) is 7. The third kappa shape index (κ3) is 5.34. The van der Waals surface area contributed by atoms with E-state index >= 15 is 0 Å². The minimum absolute atomic E-state index is 0.116. The standard InChI is InChI=1S/C26H30N2O5S/c1-16-27-24(19-6-5-7-20(12-19)31-2)25(34-16)26(30)28(14-17-8-9-17)15-21(29)18-10-11-22(32-3)23(13-18)33-4/h5-7,10-13,17,21,29H,8-9,14-15H2,1-4H3. The van der Waals surface area contributed by atoms with Crippen LogP contribution in [0.1, 0.15) is 39.2 Å². The Bertz CT molecular complexity index is 1160. The average molecular weight is 483 g/mol. The van der Waals surface area contributed by atoms with Crippen LogP contribution in [0.15, 0.2) is 42.5 Å². The monoisotopic (exact) mass is 482 g/mol. The summed E-state index contributed by atoms with van der Waals surface area (Å²) in [7, 11) is 4.74. The van der Waals surface area contributed by atoms with Crippen molar-refractivity contribution >= 4 is 17.2 Å². The van der Waals surface area contributed by atoms with Crippen molar-refractivity contribution < 1.29 is 24.1 Å². The summed E-state index contributed by atoms with van der Waals surface area (Å²) < 4.78 is 16.0. The minimum Gasteiger partial charge on any atom is -0.497 e. The maximum Gasteiger partial charge on any atom is 0.266 e. The lowest BCUT2D eigenvalue weighted by Gasteiger charge is -2.26. The Morgan fingerprint density at radius 3 is 2.56 bits per heavy atom. The first kappa shape index (κ1) is 24.0. The Kier molecular flexibility index (Phi) is 7.38. The molecule has 1 saturated carbocycles. The smallest absolute Gasteiger partial charge is 0.266 e. The summed E-state index contributed by atoms with van der Waals surface area (Å²) in [5.41, 5.74) is 2.14. The number of benzene rings is 2. The molecule has 2 aromatic carbocycles. The van der Waals surface area contributed by atoms with Gasteiger partial charge in [0.1, 0.15) is 10.6 Å². The second kappa shape index (κ2) is 10.4. The van der Waals surface area contributed by atoms with Crippen molar-refractivity contribution in [1.29, 1.82) is 0 Å². The zero-order valence-electron chi connectivity index (χ0n) is 19.9. The van der Waals surface area contributed by atoms with E-state index in [0.717, 1.165) is 23.4 Å². The zero-order valence-corrected chi connectivity index (χ0v) is 20.7. The predicted octanol–water partition coefficient (Wildman–Crippen LogP) is 4.73. The normalized spacial score (nSPS) is 13.9. The molecule has 4 rings (SSSR count). The van der Waals surface area contributed by atoms with Crippen molar-refractivity contribution in [3.05, 3.63) is 57.9 Å². The van der Waals surface area contributed by atoms with Crippen LogP contribution in [-0.4, -0.2) is 55.3 Å². The number of thiazole rings is 1. The van der Waals surface area contributed by atoms with Gasteiger partial charge in [0.05, 0.1) is 44.7 Å².